The summed E-state index contributed by atoms with van der Waals surface area (Å²) in [6.45, 7) is 0.252. The summed E-state index contributed by atoms with van der Waals surface area (Å²) < 4.78 is 34.6. The highest BCUT2D eigenvalue weighted by Gasteiger charge is 2.13. The van der Waals surface area contributed by atoms with Gasteiger partial charge in [-0.15, -0.1) is 0 Å². The van der Waals surface area contributed by atoms with Gasteiger partial charge in [0.25, 0.3) is 0 Å². The van der Waals surface area contributed by atoms with Crippen LogP contribution in [0.5, 0.6) is 11.5 Å². The Morgan fingerprint density at radius 2 is 1.85 bits per heavy atom. The molecule has 2 aromatic rings. The number of carbonyl (C=O) groups excluding carboxylic acids is 1. The smallest absolute Gasteiger partial charge is 0.387 e. The zero-order chi connectivity index (χ0) is 18.9. The molecule has 0 fully saturated rings. The number of ether oxygens (including phenoxy) is 2. The van der Waals surface area contributed by atoms with E-state index in [1.54, 1.807) is 19.2 Å². The number of anilines is 1. The van der Waals surface area contributed by atoms with Crippen LogP contribution in [0.3, 0.4) is 0 Å². The number of halogens is 2. The maximum absolute atomic E-state index is 12.4. The first-order valence-corrected chi connectivity index (χ1v) is 8.22. The lowest BCUT2D eigenvalue weighted by atomic mass is 10.2. The number of para-hydroxylation sites is 2. The van der Waals surface area contributed by atoms with Crippen LogP contribution in [0.1, 0.15) is 12.5 Å². The molecule has 0 aliphatic carbocycles. The molecule has 2 aromatic carbocycles. The van der Waals surface area contributed by atoms with Crippen LogP contribution in [0, 0.1) is 0 Å². The van der Waals surface area contributed by atoms with E-state index in [1.807, 2.05) is 36.1 Å². The molecule has 2 rings (SSSR count). The van der Waals surface area contributed by atoms with Gasteiger partial charge in [0.15, 0.2) is 0 Å². The predicted molar refractivity (Wildman–Crippen MR) is 95.6 cm³/mol. The van der Waals surface area contributed by atoms with E-state index in [0.717, 1.165) is 11.3 Å². The van der Waals surface area contributed by atoms with E-state index in [1.165, 1.54) is 12.1 Å². The first-order chi connectivity index (χ1) is 12.5. The Balaban J connectivity index is 1.89. The zero-order valence-electron chi connectivity index (χ0n) is 14.7. The third kappa shape index (κ3) is 6.33. The Labute approximate surface area is 151 Å². The van der Waals surface area contributed by atoms with E-state index >= 15 is 0 Å². The first kappa shape index (κ1) is 19.7. The van der Waals surface area contributed by atoms with Crippen molar-refractivity contribution in [2.24, 2.45) is 0 Å². The molecule has 0 saturated heterocycles. The molecular formula is C19H22F2N2O3. The standard InChI is InChI=1S/C19H22F2N2O3/c1-3-25-15-10-8-14(9-11-15)12-23(2)13-18(24)22-16-6-4-5-7-17(16)26-19(20)21/h4-11,19H,3,12-13H2,1-2H3,(H,22,24). The van der Waals surface area contributed by atoms with Gasteiger partial charge >= 0.3 is 6.61 Å². The largest absolute Gasteiger partial charge is 0.494 e. The molecule has 7 heteroatoms. The van der Waals surface area contributed by atoms with Crippen LogP contribution in [0.15, 0.2) is 48.5 Å². The molecule has 1 amide bonds. The molecule has 0 atom stereocenters. The Kier molecular flexibility index (Phi) is 7.35. The minimum Gasteiger partial charge on any atom is -0.494 e. The van der Waals surface area contributed by atoms with Crippen LogP contribution in [0.2, 0.25) is 0 Å². The molecule has 0 bridgehead atoms. The minimum atomic E-state index is -2.95. The molecular weight excluding hydrogens is 342 g/mol. The van der Waals surface area contributed by atoms with Gasteiger partial charge in [-0.1, -0.05) is 24.3 Å². The van der Waals surface area contributed by atoms with Crippen molar-refractivity contribution in [2.75, 3.05) is 25.5 Å². The van der Waals surface area contributed by atoms with Gasteiger partial charge in [0.1, 0.15) is 11.5 Å². The molecule has 0 aliphatic heterocycles. The van der Waals surface area contributed by atoms with E-state index in [-0.39, 0.29) is 23.9 Å². The molecule has 0 aromatic heterocycles. The van der Waals surface area contributed by atoms with Crippen molar-refractivity contribution in [2.45, 2.75) is 20.1 Å². The minimum absolute atomic E-state index is 0.0648. The lowest BCUT2D eigenvalue weighted by molar-refractivity contribution is -0.117. The number of hydrogen-bond donors (Lipinski definition) is 1. The Morgan fingerprint density at radius 3 is 2.50 bits per heavy atom. The van der Waals surface area contributed by atoms with Crippen LogP contribution in [0.4, 0.5) is 14.5 Å². The number of nitrogens with one attached hydrogen (secondary N) is 1. The summed E-state index contributed by atoms with van der Waals surface area (Å²) in [5.41, 5.74) is 1.25. The summed E-state index contributed by atoms with van der Waals surface area (Å²) in [5.74, 6) is 0.418. The normalized spacial score (nSPS) is 10.8. The summed E-state index contributed by atoms with van der Waals surface area (Å²) in [4.78, 5) is 14.0. The Hall–Kier alpha value is -2.67. The molecule has 140 valence electrons. The first-order valence-electron chi connectivity index (χ1n) is 8.22. The van der Waals surface area contributed by atoms with E-state index in [2.05, 4.69) is 10.1 Å². The van der Waals surface area contributed by atoms with Crippen molar-refractivity contribution in [3.63, 3.8) is 0 Å². The van der Waals surface area contributed by atoms with Gasteiger partial charge in [0.05, 0.1) is 18.8 Å². The van der Waals surface area contributed by atoms with Crippen LogP contribution in [0.25, 0.3) is 0 Å². The highest BCUT2D eigenvalue weighted by molar-refractivity contribution is 5.93. The molecule has 1 N–H and O–H groups in total. The summed E-state index contributed by atoms with van der Waals surface area (Å²) >= 11 is 0. The predicted octanol–water partition coefficient (Wildman–Crippen LogP) is 3.76. The summed E-state index contributed by atoms with van der Waals surface area (Å²) in [6, 6.07) is 13.7. The lowest BCUT2D eigenvalue weighted by Gasteiger charge is -2.17. The SMILES string of the molecule is CCOc1ccc(CN(C)CC(=O)Nc2ccccc2OC(F)F)cc1. The molecule has 0 unspecified atom stereocenters. The number of carbonyl (C=O) groups is 1. The molecule has 0 spiro atoms. The van der Waals surface area contributed by atoms with Crippen molar-refractivity contribution in [1.82, 2.24) is 4.90 Å². The summed E-state index contributed by atoms with van der Waals surface area (Å²) in [7, 11) is 1.80. The number of nitrogens with zero attached hydrogens (tertiary/aromatic N) is 1. The van der Waals surface area contributed by atoms with Crippen LogP contribution in [-0.4, -0.2) is 37.6 Å². The van der Waals surface area contributed by atoms with Gasteiger partial charge in [0.2, 0.25) is 5.91 Å². The van der Waals surface area contributed by atoms with Gasteiger partial charge in [-0.05, 0) is 43.8 Å². The van der Waals surface area contributed by atoms with E-state index < -0.39 is 6.61 Å². The van der Waals surface area contributed by atoms with Crippen LogP contribution < -0.4 is 14.8 Å². The topological polar surface area (TPSA) is 50.8 Å². The summed E-state index contributed by atoms with van der Waals surface area (Å²) in [5, 5.41) is 2.60. The monoisotopic (exact) mass is 364 g/mol. The van der Waals surface area contributed by atoms with Crippen molar-refractivity contribution in [3.05, 3.63) is 54.1 Å². The van der Waals surface area contributed by atoms with Crippen molar-refractivity contribution in [1.29, 1.82) is 0 Å². The molecule has 0 radical (unpaired) electrons. The number of likely N-dealkylation sites (N-methyl/N-ethyl adjacent to an activating group) is 1. The van der Waals surface area contributed by atoms with Crippen LogP contribution >= 0.6 is 0 Å². The van der Waals surface area contributed by atoms with E-state index in [4.69, 9.17) is 4.74 Å². The second-order valence-corrected chi connectivity index (χ2v) is 5.67. The van der Waals surface area contributed by atoms with Crippen LogP contribution in [-0.2, 0) is 11.3 Å². The molecule has 26 heavy (non-hydrogen) atoms. The fourth-order valence-electron chi connectivity index (χ4n) is 2.43. The average Bonchev–Trinajstić information content (AvgIpc) is 2.58. The maximum atomic E-state index is 12.4. The Morgan fingerprint density at radius 1 is 1.15 bits per heavy atom. The molecule has 5 nitrogen and oxygen atoms in total. The quantitative estimate of drug-likeness (QED) is 0.736. The van der Waals surface area contributed by atoms with Gasteiger partial charge in [-0.25, -0.2) is 0 Å². The fourth-order valence-corrected chi connectivity index (χ4v) is 2.43. The fraction of sp³-hybridized carbons (Fsp3) is 0.316. The number of amides is 1. The third-order valence-corrected chi connectivity index (χ3v) is 3.48. The average molecular weight is 364 g/mol. The summed E-state index contributed by atoms with van der Waals surface area (Å²) in [6.07, 6.45) is 0. The number of benzene rings is 2. The van der Waals surface area contributed by atoms with E-state index in [0.29, 0.717) is 13.2 Å². The van der Waals surface area contributed by atoms with Gasteiger partial charge in [-0.3, -0.25) is 9.69 Å². The zero-order valence-corrected chi connectivity index (χ0v) is 14.7. The molecule has 0 heterocycles. The van der Waals surface area contributed by atoms with Crippen molar-refractivity contribution >= 4 is 11.6 Å². The highest BCUT2D eigenvalue weighted by atomic mass is 19.3. The maximum Gasteiger partial charge on any atom is 0.387 e. The number of rotatable bonds is 9. The second kappa shape index (κ2) is 9.72. The van der Waals surface area contributed by atoms with Gasteiger partial charge < -0.3 is 14.8 Å². The number of alkyl halides is 2. The second-order valence-electron chi connectivity index (χ2n) is 5.67. The number of hydrogen-bond acceptors (Lipinski definition) is 4. The van der Waals surface area contributed by atoms with Crippen molar-refractivity contribution < 1.29 is 23.0 Å². The van der Waals surface area contributed by atoms with E-state index in [9.17, 15) is 13.6 Å². The molecule has 0 saturated carbocycles. The lowest BCUT2D eigenvalue weighted by Crippen LogP contribution is -2.30. The van der Waals surface area contributed by atoms with Crippen molar-refractivity contribution in [3.8, 4) is 11.5 Å². The Bertz CT molecular complexity index is 708. The van der Waals surface area contributed by atoms with Gasteiger partial charge in [0, 0.05) is 6.54 Å². The third-order valence-electron chi connectivity index (χ3n) is 3.48. The molecule has 0 aliphatic rings. The van der Waals surface area contributed by atoms with Gasteiger partial charge in [-0.2, -0.15) is 8.78 Å². The highest BCUT2D eigenvalue weighted by Crippen LogP contribution is 2.25.